The number of carbonyl (C=O) groups excluding carboxylic acids is 1. The van der Waals surface area contributed by atoms with E-state index in [1.165, 1.54) is 25.4 Å². The van der Waals surface area contributed by atoms with Crippen LogP contribution in [0.3, 0.4) is 0 Å². The molecule has 0 saturated heterocycles. The van der Waals surface area contributed by atoms with Crippen LogP contribution in [0.15, 0.2) is 48.2 Å². The van der Waals surface area contributed by atoms with Crippen molar-refractivity contribution < 1.29 is 27.4 Å². The number of hydrogen-bond donors (Lipinski definition) is 1. The first-order chi connectivity index (χ1) is 17.6. The molecule has 6 nitrogen and oxygen atoms in total. The Morgan fingerprint density at radius 3 is 2.70 bits per heavy atom. The monoisotopic (exact) mass is 549 g/mol. The van der Waals surface area contributed by atoms with Crippen LogP contribution in [-0.4, -0.2) is 24.6 Å². The highest BCUT2D eigenvalue weighted by Crippen LogP contribution is 2.33. The second kappa shape index (κ2) is 12.6. The molecule has 194 valence electrons. The molecule has 1 heterocycles. The quantitative estimate of drug-likeness (QED) is 0.165. The maximum atomic E-state index is 13.0. The maximum Gasteiger partial charge on any atom is 0.416 e. The molecule has 0 aliphatic rings. The number of unbranched alkanes of at least 4 members (excludes halogenated alkanes) is 1. The van der Waals surface area contributed by atoms with E-state index in [2.05, 4.69) is 17.2 Å². The van der Waals surface area contributed by atoms with Gasteiger partial charge in [0.25, 0.3) is 5.91 Å². The molecule has 1 N–H and O–H groups in total. The normalized spacial score (nSPS) is 11.6. The fraction of sp³-hybridized carbons (Fsp3) is 0.269. The zero-order valence-electron chi connectivity index (χ0n) is 20.0. The summed E-state index contributed by atoms with van der Waals surface area (Å²) in [6.07, 6.45) is 0.347. The standard InChI is InChI=1S/C26H23ClF3N3O3S/c1-3-4-9-36-22-8-5-16(11-23(22)35-2)10-18(14-31)24(34)33-25-32-15-20(37-25)13-17-12-19(26(28,29)30)6-7-21(17)27/h5-8,10-12,15H,3-4,9,13H2,1-2H3,(H,32,33,34)/b18-10+. The molecular formula is C26H23ClF3N3O3S. The average molecular weight is 550 g/mol. The number of rotatable bonds is 10. The number of hydrogen-bond acceptors (Lipinski definition) is 6. The Morgan fingerprint density at radius 1 is 1.24 bits per heavy atom. The smallest absolute Gasteiger partial charge is 0.416 e. The molecule has 2 aromatic carbocycles. The van der Waals surface area contributed by atoms with Gasteiger partial charge in [0.1, 0.15) is 11.6 Å². The minimum absolute atomic E-state index is 0.101. The zero-order chi connectivity index (χ0) is 27.0. The molecule has 37 heavy (non-hydrogen) atoms. The highest BCUT2D eigenvalue weighted by molar-refractivity contribution is 7.15. The third-order valence-electron chi connectivity index (χ3n) is 5.13. The fourth-order valence-electron chi connectivity index (χ4n) is 3.22. The summed E-state index contributed by atoms with van der Waals surface area (Å²) >= 11 is 7.15. The number of ether oxygens (including phenoxy) is 2. The number of anilines is 1. The molecule has 11 heteroatoms. The molecule has 3 aromatic rings. The van der Waals surface area contributed by atoms with Crippen LogP contribution in [0.2, 0.25) is 5.02 Å². The van der Waals surface area contributed by atoms with Gasteiger partial charge in [-0.2, -0.15) is 18.4 Å². The number of amides is 1. The molecule has 0 unspecified atom stereocenters. The van der Waals surface area contributed by atoms with Crippen molar-refractivity contribution in [2.45, 2.75) is 32.4 Å². The summed E-state index contributed by atoms with van der Waals surface area (Å²) in [7, 11) is 1.50. The second-order valence-electron chi connectivity index (χ2n) is 7.85. The van der Waals surface area contributed by atoms with Gasteiger partial charge in [-0.25, -0.2) is 4.98 Å². The summed E-state index contributed by atoms with van der Waals surface area (Å²) in [4.78, 5) is 17.4. The summed E-state index contributed by atoms with van der Waals surface area (Å²) < 4.78 is 50.1. The first-order valence-corrected chi connectivity index (χ1v) is 12.4. The molecule has 0 spiro atoms. The predicted molar refractivity (Wildman–Crippen MR) is 137 cm³/mol. The van der Waals surface area contributed by atoms with Crippen molar-refractivity contribution in [3.05, 3.63) is 74.8 Å². The number of alkyl halides is 3. The second-order valence-corrected chi connectivity index (χ2v) is 9.37. The molecule has 3 rings (SSSR count). The number of thiazole rings is 1. The predicted octanol–water partition coefficient (Wildman–Crippen LogP) is 7.14. The number of nitrogens with one attached hydrogen (secondary N) is 1. The van der Waals surface area contributed by atoms with E-state index in [0.29, 0.717) is 28.5 Å². The van der Waals surface area contributed by atoms with Crippen molar-refractivity contribution in [2.75, 3.05) is 19.0 Å². The van der Waals surface area contributed by atoms with E-state index < -0.39 is 17.6 Å². The van der Waals surface area contributed by atoms with Crippen LogP contribution in [0, 0.1) is 11.3 Å². The van der Waals surface area contributed by atoms with E-state index in [1.807, 2.05) is 6.07 Å². The number of nitrogens with zero attached hydrogens (tertiary/aromatic N) is 2. The highest BCUT2D eigenvalue weighted by Gasteiger charge is 2.31. The van der Waals surface area contributed by atoms with Crippen LogP contribution in [0.4, 0.5) is 18.3 Å². The van der Waals surface area contributed by atoms with Gasteiger partial charge in [-0.05, 0) is 54.0 Å². The van der Waals surface area contributed by atoms with Crippen molar-refractivity contribution in [1.82, 2.24) is 4.98 Å². The Kier molecular flexibility index (Phi) is 9.55. The third-order valence-corrected chi connectivity index (χ3v) is 6.41. The van der Waals surface area contributed by atoms with E-state index in [0.717, 1.165) is 36.3 Å². The van der Waals surface area contributed by atoms with E-state index in [4.69, 9.17) is 21.1 Å². The van der Waals surface area contributed by atoms with Crippen molar-refractivity contribution >= 4 is 40.1 Å². The van der Waals surface area contributed by atoms with Crippen molar-refractivity contribution in [2.24, 2.45) is 0 Å². The van der Waals surface area contributed by atoms with Crippen LogP contribution in [0.1, 0.15) is 41.3 Å². The van der Waals surface area contributed by atoms with Gasteiger partial charge in [0, 0.05) is 22.5 Å². The molecule has 0 radical (unpaired) electrons. The number of methoxy groups -OCH3 is 1. The first-order valence-electron chi connectivity index (χ1n) is 11.2. The van der Waals surface area contributed by atoms with E-state index in [9.17, 15) is 23.2 Å². The van der Waals surface area contributed by atoms with Crippen molar-refractivity contribution in [3.63, 3.8) is 0 Å². The van der Waals surface area contributed by atoms with Gasteiger partial charge < -0.3 is 9.47 Å². The molecule has 0 fully saturated rings. The van der Waals surface area contributed by atoms with Gasteiger partial charge in [-0.3, -0.25) is 10.1 Å². The first kappa shape index (κ1) is 28.0. The van der Waals surface area contributed by atoms with Crippen LogP contribution in [-0.2, 0) is 17.4 Å². The minimum atomic E-state index is -4.49. The Bertz CT molecular complexity index is 1330. The van der Waals surface area contributed by atoms with Gasteiger partial charge >= 0.3 is 6.18 Å². The van der Waals surface area contributed by atoms with E-state index >= 15 is 0 Å². The lowest BCUT2D eigenvalue weighted by Gasteiger charge is -2.11. The highest BCUT2D eigenvalue weighted by atomic mass is 35.5. The topological polar surface area (TPSA) is 84.2 Å². The largest absolute Gasteiger partial charge is 0.493 e. The van der Waals surface area contributed by atoms with E-state index in [1.54, 1.807) is 18.2 Å². The van der Waals surface area contributed by atoms with Gasteiger partial charge in [0.15, 0.2) is 16.6 Å². The number of halogens is 4. The summed E-state index contributed by atoms with van der Waals surface area (Å²) in [5, 5.41) is 12.5. The van der Waals surface area contributed by atoms with Crippen LogP contribution < -0.4 is 14.8 Å². The number of benzene rings is 2. The van der Waals surface area contributed by atoms with Gasteiger partial charge in [0.2, 0.25) is 0 Å². The molecule has 1 aromatic heterocycles. The minimum Gasteiger partial charge on any atom is -0.493 e. The number of nitriles is 1. The Hall–Kier alpha value is -3.55. The molecule has 0 aliphatic heterocycles. The third kappa shape index (κ3) is 7.71. The summed E-state index contributed by atoms with van der Waals surface area (Å²) in [5.74, 6) is 0.357. The molecule has 0 aliphatic carbocycles. The summed E-state index contributed by atoms with van der Waals surface area (Å²) in [6.45, 7) is 2.60. The van der Waals surface area contributed by atoms with Crippen molar-refractivity contribution in [3.8, 4) is 17.6 Å². The Balaban J connectivity index is 1.72. The van der Waals surface area contributed by atoms with Crippen LogP contribution in [0.25, 0.3) is 6.08 Å². The fourth-order valence-corrected chi connectivity index (χ4v) is 4.24. The number of aromatic nitrogens is 1. The Labute approximate surface area is 221 Å². The van der Waals surface area contributed by atoms with Gasteiger partial charge in [-0.15, -0.1) is 11.3 Å². The maximum absolute atomic E-state index is 13.0. The molecular weight excluding hydrogens is 527 g/mol. The number of carbonyl (C=O) groups is 1. The van der Waals surface area contributed by atoms with Crippen molar-refractivity contribution in [1.29, 1.82) is 5.26 Å². The van der Waals surface area contributed by atoms with E-state index in [-0.39, 0.29) is 27.7 Å². The lowest BCUT2D eigenvalue weighted by molar-refractivity contribution is -0.137. The SMILES string of the molecule is CCCCOc1ccc(/C=C(\C#N)C(=O)Nc2ncc(Cc3cc(C(F)(F)F)ccc3Cl)s2)cc1OC. The van der Waals surface area contributed by atoms with Crippen LogP contribution in [0.5, 0.6) is 11.5 Å². The summed E-state index contributed by atoms with van der Waals surface area (Å²) in [6, 6.07) is 10.0. The van der Waals surface area contributed by atoms with Gasteiger partial charge in [-0.1, -0.05) is 31.0 Å². The van der Waals surface area contributed by atoms with Gasteiger partial charge in [0.05, 0.1) is 19.3 Å². The lowest BCUT2D eigenvalue weighted by atomic mass is 10.1. The zero-order valence-corrected chi connectivity index (χ0v) is 21.6. The lowest BCUT2D eigenvalue weighted by Crippen LogP contribution is -2.13. The summed E-state index contributed by atoms with van der Waals surface area (Å²) in [5.41, 5.74) is -0.123. The Morgan fingerprint density at radius 2 is 2.03 bits per heavy atom. The molecule has 0 bridgehead atoms. The molecule has 0 saturated carbocycles. The average Bonchev–Trinajstić information content (AvgIpc) is 3.30. The molecule has 1 amide bonds. The van der Waals surface area contributed by atoms with Crippen LogP contribution >= 0.6 is 22.9 Å². The molecule has 0 atom stereocenters.